The maximum atomic E-state index is 13.1. The number of fused-ring (bicyclic) bond motifs is 2. The van der Waals surface area contributed by atoms with Gasteiger partial charge in [0.25, 0.3) is 5.91 Å². The second-order valence-corrected chi connectivity index (χ2v) is 7.74. The third kappa shape index (κ3) is 2.65. The van der Waals surface area contributed by atoms with Crippen molar-refractivity contribution in [2.45, 2.75) is 24.8 Å². The second kappa shape index (κ2) is 6.60. The number of rotatable bonds is 2. The number of carbonyl (C=O) groups is 1. The molecule has 28 heavy (non-hydrogen) atoms. The minimum atomic E-state index is -0.0552. The van der Waals surface area contributed by atoms with Crippen LogP contribution in [0.1, 0.15) is 34.6 Å². The van der Waals surface area contributed by atoms with E-state index in [9.17, 15) is 4.79 Å². The van der Waals surface area contributed by atoms with Gasteiger partial charge >= 0.3 is 0 Å². The topological polar surface area (TPSA) is 80.9 Å². The quantitative estimate of drug-likeness (QED) is 0.720. The lowest BCUT2D eigenvalue weighted by Gasteiger charge is -2.49. The van der Waals surface area contributed by atoms with Crippen LogP contribution in [-0.2, 0) is 12.0 Å². The van der Waals surface area contributed by atoms with E-state index >= 15 is 0 Å². The number of aromatic nitrogens is 4. The highest BCUT2D eigenvalue weighted by molar-refractivity contribution is 5.95. The summed E-state index contributed by atoms with van der Waals surface area (Å²) in [7, 11) is 2.18. The maximum Gasteiger partial charge on any atom is 0.253 e. The molecule has 0 saturated carbocycles. The zero-order valence-corrected chi connectivity index (χ0v) is 16.0. The predicted octanol–water partition coefficient (Wildman–Crippen LogP) is 2.42. The fraction of sp³-hybridized carbons (Fsp3) is 0.381. The molecule has 144 valence electrons. The highest BCUT2D eigenvalue weighted by atomic mass is 16.2. The molecular formula is C21H24N6O. The van der Waals surface area contributed by atoms with Crippen molar-refractivity contribution in [2.24, 2.45) is 0 Å². The SMILES string of the molecule is CN1CCc2[nH]cnc2C12CCN(C(=O)c1cccc(-c3ncc[nH]3)c1)CC2. The molecule has 2 aromatic heterocycles. The lowest BCUT2D eigenvalue weighted by molar-refractivity contribution is 0.0226. The molecule has 0 radical (unpaired) electrons. The third-order valence-electron chi connectivity index (χ3n) is 6.35. The summed E-state index contributed by atoms with van der Waals surface area (Å²) in [5.74, 6) is 0.867. The van der Waals surface area contributed by atoms with Crippen LogP contribution in [0.4, 0.5) is 0 Å². The molecule has 4 heterocycles. The first kappa shape index (κ1) is 17.2. The average Bonchev–Trinajstić information content (AvgIpc) is 3.43. The number of likely N-dealkylation sites (N-methyl/N-ethyl adjacent to an activating group) is 1. The van der Waals surface area contributed by atoms with Gasteiger partial charge in [-0.2, -0.15) is 0 Å². The van der Waals surface area contributed by atoms with Crippen molar-refractivity contribution in [3.63, 3.8) is 0 Å². The number of nitrogens with one attached hydrogen (secondary N) is 2. The second-order valence-electron chi connectivity index (χ2n) is 7.74. The molecule has 1 aromatic carbocycles. The molecule has 1 fully saturated rings. The van der Waals surface area contributed by atoms with Crippen molar-refractivity contribution in [3.05, 3.63) is 59.9 Å². The van der Waals surface area contributed by atoms with E-state index in [1.165, 1.54) is 11.4 Å². The first-order chi connectivity index (χ1) is 13.7. The van der Waals surface area contributed by atoms with Gasteiger partial charge in [0.05, 0.1) is 17.6 Å². The molecule has 5 rings (SSSR count). The van der Waals surface area contributed by atoms with Crippen molar-refractivity contribution in [1.29, 1.82) is 0 Å². The molecule has 1 amide bonds. The highest BCUT2D eigenvalue weighted by Crippen LogP contribution is 2.41. The number of benzene rings is 1. The van der Waals surface area contributed by atoms with E-state index in [-0.39, 0.29) is 11.4 Å². The Labute approximate surface area is 163 Å². The lowest BCUT2D eigenvalue weighted by atomic mass is 9.79. The minimum absolute atomic E-state index is 0.0552. The van der Waals surface area contributed by atoms with Crippen LogP contribution >= 0.6 is 0 Å². The van der Waals surface area contributed by atoms with Crippen LogP contribution in [0.3, 0.4) is 0 Å². The van der Waals surface area contributed by atoms with E-state index in [2.05, 4.69) is 31.9 Å². The molecule has 3 aromatic rings. The Morgan fingerprint density at radius 3 is 2.79 bits per heavy atom. The van der Waals surface area contributed by atoms with E-state index in [0.29, 0.717) is 5.56 Å². The average molecular weight is 376 g/mol. The van der Waals surface area contributed by atoms with Crippen molar-refractivity contribution >= 4 is 5.91 Å². The van der Waals surface area contributed by atoms with Crippen LogP contribution in [0.2, 0.25) is 0 Å². The smallest absolute Gasteiger partial charge is 0.253 e. The number of imidazole rings is 2. The van der Waals surface area contributed by atoms with E-state index in [1.54, 1.807) is 12.4 Å². The Balaban J connectivity index is 1.35. The van der Waals surface area contributed by atoms with Crippen molar-refractivity contribution in [1.82, 2.24) is 29.7 Å². The first-order valence-electron chi connectivity index (χ1n) is 9.80. The minimum Gasteiger partial charge on any atom is -0.348 e. The van der Waals surface area contributed by atoms with E-state index < -0.39 is 0 Å². The Bertz CT molecular complexity index is 984. The third-order valence-corrected chi connectivity index (χ3v) is 6.35. The summed E-state index contributed by atoms with van der Waals surface area (Å²) in [5.41, 5.74) is 4.01. The maximum absolute atomic E-state index is 13.1. The molecular weight excluding hydrogens is 352 g/mol. The van der Waals surface area contributed by atoms with Gasteiger partial charge in [0.2, 0.25) is 0 Å². The zero-order chi connectivity index (χ0) is 19.1. The van der Waals surface area contributed by atoms with Crippen LogP contribution < -0.4 is 0 Å². The number of hydrogen-bond acceptors (Lipinski definition) is 4. The van der Waals surface area contributed by atoms with Crippen LogP contribution in [0.15, 0.2) is 43.0 Å². The first-order valence-corrected chi connectivity index (χ1v) is 9.80. The van der Waals surface area contributed by atoms with Gasteiger partial charge in [0.1, 0.15) is 5.82 Å². The molecule has 7 nitrogen and oxygen atoms in total. The molecule has 2 aliphatic rings. The van der Waals surface area contributed by atoms with Crippen LogP contribution in [0.5, 0.6) is 0 Å². The van der Waals surface area contributed by atoms with Crippen LogP contribution in [0.25, 0.3) is 11.4 Å². The van der Waals surface area contributed by atoms with Gasteiger partial charge in [-0.15, -0.1) is 0 Å². The van der Waals surface area contributed by atoms with Crippen molar-refractivity contribution in [3.8, 4) is 11.4 Å². The fourth-order valence-corrected chi connectivity index (χ4v) is 4.69. The van der Waals surface area contributed by atoms with Gasteiger partial charge in [-0.3, -0.25) is 9.69 Å². The largest absolute Gasteiger partial charge is 0.348 e. The molecule has 2 aliphatic heterocycles. The zero-order valence-electron chi connectivity index (χ0n) is 16.0. The molecule has 0 aliphatic carbocycles. The number of likely N-dealkylation sites (tertiary alicyclic amines) is 1. The number of carbonyl (C=O) groups excluding carboxylic acids is 1. The Kier molecular flexibility index (Phi) is 4.05. The van der Waals surface area contributed by atoms with Gasteiger partial charge in [0, 0.05) is 55.3 Å². The van der Waals surface area contributed by atoms with Crippen LogP contribution in [0, 0.1) is 0 Å². The van der Waals surface area contributed by atoms with Gasteiger partial charge in [-0.1, -0.05) is 12.1 Å². The summed E-state index contributed by atoms with van der Waals surface area (Å²) < 4.78 is 0. The fourth-order valence-electron chi connectivity index (χ4n) is 4.69. The number of aromatic amines is 2. The predicted molar refractivity (Wildman–Crippen MR) is 106 cm³/mol. The monoisotopic (exact) mass is 376 g/mol. The summed E-state index contributed by atoms with van der Waals surface area (Å²) in [6.07, 6.45) is 8.14. The summed E-state index contributed by atoms with van der Waals surface area (Å²) in [5, 5.41) is 0. The summed E-state index contributed by atoms with van der Waals surface area (Å²) >= 11 is 0. The molecule has 1 spiro atoms. The number of H-pyrrole nitrogens is 2. The molecule has 0 bridgehead atoms. The molecule has 7 heteroatoms. The highest BCUT2D eigenvalue weighted by Gasteiger charge is 2.45. The molecule has 0 atom stereocenters. The van der Waals surface area contributed by atoms with Gasteiger partial charge in [-0.05, 0) is 32.0 Å². The molecule has 0 unspecified atom stereocenters. The van der Waals surface area contributed by atoms with E-state index in [0.717, 1.165) is 50.3 Å². The lowest BCUT2D eigenvalue weighted by Crippen LogP contribution is -2.55. The Hall–Kier alpha value is -2.93. The van der Waals surface area contributed by atoms with E-state index in [4.69, 9.17) is 0 Å². The number of amides is 1. The summed E-state index contributed by atoms with van der Waals surface area (Å²) in [6.45, 7) is 2.50. The van der Waals surface area contributed by atoms with Gasteiger partial charge in [0.15, 0.2) is 0 Å². The van der Waals surface area contributed by atoms with Crippen molar-refractivity contribution < 1.29 is 4.79 Å². The summed E-state index contributed by atoms with van der Waals surface area (Å²) in [4.78, 5) is 32.9. The summed E-state index contributed by atoms with van der Waals surface area (Å²) in [6, 6.07) is 7.69. The molecule has 2 N–H and O–H groups in total. The Morgan fingerprint density at radius 1 is 1.14 bits per heavy atom. The number of nitrogens with zero attached hydrogens (tertiary/aromatic N) is 4. The van der Waals surface area contributed by atoms with E-state index in [1.807, 2.05) is 35.5 Å². The number of hydrogen-bond donors (Lipinski definition) is 2. The van der Waals surface area contributed by atoms with Crippen LogP contribution in [-0.4, -0.2) is 62.3 Å². The molecule has 1 saturated heterocycles. The normalized spacial score (nSPS) is 19.0. The van der Waals surface area contributed by atoms with Gasteiger partial charge < -0.3 is 14.9 Å². The Morgan fingerprint density at radius 2 is 2.00 bits per heavy atom. The van der Waals surface area contributed by atoms with Crippen molar-refractivity contribution in [2.75, 3.05) is 26.7 Å². The number of piperidine rings is 1. The van der Waals surface area contributed by atoms with Gasteiger partial charge in [-0.25, -0.2) is 9.97 Å². The standard InChI is InChI=1S/C21H24N6O/c1-26-10-5-17-18(25-14-24-17)21(26)6-11-27(12-7-21)20(28)16-4-2-3-15(13-16)19-22-8-9-23-19/h2-4,8-9,13-14H,5-7,10-12H2,1H3,(H,22,23)(H,24,25).